The number of hydrogen-bond donors (Lipinski definition) is 1. The lowest BCUT2D eigenvalue weighted by Gasteiger charge is -2.30. The fraction of sp³-hybridized carbons (Fsp3) is 1.00. The summed E-state index contributed by atoms with van der Waals surface area (Å²) in [7, 11) is 1.78. The minimum Gasteiger partial charge on any atom is -0.383 e. The first-order chi connectivity index (χ1) is 6.83. The Labute approximate surface area is 87.8 Å². The predicted molar refractivity (Wildman–Crippen MR) is 59.6 cm³/mol. The smallest absolute Gasteiger partial charge is 0.0589 e. The van der Waals surface area contributed by atoms with E-state index in [4.69, 9.17) is 4.74 Å². The van der Waals surface area contributed by atoms with Gasteiger partial charge in [0, 0.05) is 26.2 Å². The van der Waals surface area contributed by atoms with Crippen molar-refractivity contribution in [2.24, 2.45) is 5.92 Å². The highest BCUT2D eigenvalue weighted by atomic mass is 16.5. The second kappa shape index (κ2) is 6.38. The molecule has 1 aliphatic rings. The monoisotopic (exact) mass is 200 g/mol. The number of rotatable bonds is 6. The maximum absolute atomic E-state index is 5.14. The fourth-order valence-electron chi connectivity index (χ4n) is 2.33. The molecule has 3 nitrogen and oxygen atoms in total. The summed E-state index contributed by atoms with van der Waals surface area (Å²) in [5.74, 6) is 0.826. The summed E-state index contributed by atoms with van der Waals surface area (Å²) in [6, 6.07) is 0.722. The lowest BCUT2D eigenvalue weighted by atomic mass is 9.99. The molecule has 1 rings (SSSR count). The molecule has 2 atom stereocenters. The minimum atomic E-state index is 0.722. The Morgan fingerprint density at radius 1 is 1.36 bits per heavy atom. The topological polar surface area (TPSA) is 24.5 Å². The predicted octanol–water partition coefficient (Wildman–Crippen LogP) is 0.953. The van der Waals surface area contributed by atoms with Gasteiger partial charge in [-0.1, -0.05) is 20.3 Å². The fourth-order valence-corrected chi connectivity index (χ4v) is 2.33. The number of nitrogens with one attached hydrogen (secondary N) is 1. The van der Waals surface area contributed by atoms with E-state index < -0.39 is 0 Å². The van der Waals surface area contributed by atoms with Crippen molar-refractivity contribution in [3.63, 3.8) is 0 Å². The van der Waals surface area contributed by atoms with Crippen LogP contribution in [0.25, 0.3) is 0 Å². The van der Waals surface area contributed by atoms with Crippen LogP contribution >= 0.6 is 0 Å². The Kier molecular flexibility index (Phi) is 5.45. The van der Waals surface area contributed by atoms with Crippen molar-refractivity contribution in [1.29, 1.82) is 0 Å². The lowest BCUT2D eigenvalue weighted by molar-refractivity contribution is 0.113. The van der Waals surface area contributed by atoms with E-state index >= 15 is 0 Å². The second-order valence-electron chi connectivity index (χ2n) is 4.02. The molecule has 14 heavy (non-hydrogen) atoms. The highest BCUT2D eigenvalue weighted by Crippen LogP contribution is 2.18. The van der Waals surface area contributed by atoms with Gasteiger partial charge in [0.2, 0.25) is 0 Å². The molecule has 84 valence electrons. The SMILES string of the molecule is CCC1CNCC1N(CC)CCOC. The molecule has 1 saturated heterocycles. The maximum Gasteiger partial charge on any atom is 0.0589 e. The molecule has 0 aromatic heterocycles. The van der Waals surface area contributed by atoms with Crippen molar-refractivity contribution in [2.75, 3.05) is 39.9 Å². The van der Waals surface area contributed by atoms with Crippen LogP contribution in [0.2, 0.25) is 0 Å². The van der Waals surface area contributed by atoms with Gasteiger partial charge in [0.25, 0.3) is 0 Å². The Morgan fingerprint density at radius 3 is 2.71 bits per heavy atom. The van der Waals surface area contributed by atoms with Crippen molar-refractivity contribution < 1.29 is 4.74 Å². The van der Waals surface area contributed by atoms with Crippen molar-refractivity contribution in [1.82, 2.24) is 10.2 Å². The molecule has 1 N–H and O–H groups in total. The zero-order valence-electron chi connectivity index (χ0n) is 9.75. The molecule has 0 bridgehead atoms. The molecule has 2 unspecified atom stereocenters. The third-order valence-corrected chi connectivity index (χ3v) is 3.29. The Bertz CT molecular complexity index is 152. The van der Waals surface area contributed by atoms with Gasteiger partial charge in [0.15, 0.2) is 0 Å². The summed E-state index contributed by atoms with van der Waals surface area (Å²) in [6.07, 6.45) is 1.28. The lowest BCUT2D eigenvalue weighted by Crippen LogP contribution is -2.42. The zero-order valence-corrected chi connectivity index (χ0v) is 9.75. The Hall–Kier alpha value is -0.120. The quantitative estimate of drug-likeness (QED) is 0.691. The van der Waals surface area contributed by atoms with Crippen LogP contribution in [0.4, 0.5) is 0 Å². The van der Waals surface area contributed by atoms with E-state index in [-0.39, 0.29) is 0 Å². The van der Waals surface area contributed by atoms with Crippen LogP contribution in [0.3, 0.4) is 0 Å². The van der Waals surface area contributed by atoms with Crippen LogP contribution in [-0.4, -0.2) is 50.8 Å². The molecule has 1 fully saturated rings. The van der Waals surface area contributed by atoms with Crippen molar-refractivity contribution in [2.45, 2.75) is 26.3 Å². The number of ether oxygens (including phenoxy) is 1. The van der Waals surface area contributed by atoms with Gasteiger partial charge in [-0.25, -0.2) is 0 Å². The van der Waals surface area contributed by atoms with Crippen LogP contribution in [0.15, 0.2) is 0 Å². The minimum absolute atomic E-state index is 0.722. The summed E-state index contributed by atoms with van der Waals surface area (Å²) in [6.45, 7) is 9.90. The van der Waals surface area contributed by atoms with E-state index in [1.165, 1.54) is 13.0 Å². The molecule has 3 heteroatoms. The molecule has 0 aromatic rings. The summed E-state index contributed by atoms with van der Waals surface area (Å²) in [4.78, 5) is 2.54. The van der Waals surface area contributed by atoms with E-state index in [9.17, 15) is 0 Å². The first-order valence-corrected chi connectivity index (χ1v) is 5.77. The van der Waals surface area contributed by atoms with Gasteiger partial charge in [0.1, 0.15) is 0 Å². The number of hydrogen-bond acceptors (Lipinski definition) is 3. The summed E-state index contributed by atoms with van der Waals surface area (Å²) in [5, 5.41) is 3.48. The van der Waals surface area contributed by atoms with Crippen LogP contribution in [0, 0.1) is 5.92 Å². The highest BCUT2D eigenvalue weighted by Gasteiger charge is 2.29. The van der Waals surface area contributed by atoms with Gasteiger partial charge < -0.3 is 10.1 Å². The van der Waals surface area contributed by atoms with Gasteiger partial charge in [-0.2, -0.15) is 0 Å². The van der Waals surface area contributed by atoms with E-state index in [0.29, 0.717) is 0 Å². The highest BCUT2D eigenvalue weighted by molar-refractivity contribution is 4.87. The van der Waals surface area contributed by atoms with Gasteiger partial charge >= 0.3 is 0 Å². The number of likely N-dealkylation sites (N-methyl/N-ethyl adjacent to an activating group) is 1. The molecule has 0 amide bonds. The summed E-state index contributed by atoms with van der Waals surface area (Å²) in [5.41, 5.74) is 0. The molecular formula is C11H24N2O. The third-order valence-electron chi connectivity index (χ3n) is 3.29. The van der Waals surface area contributed by atoms with Crippen LogP contribution < -0.4 is 5.32 Å². The van der Waals surface area contributed by atoms with Crippen molar-refractivity contribution >= 4 is 0 Å². The normalized spacial score (nSPS) is 27.4. The van der Waals surface area contributed by atoms with Crippen LogP contribution in [0.5, 0.6) is 0 Å². The Balaban J connectivity index is 2.41. The van der Waals surface area contributed by atoms with Crippen molar-refractivity contribution in [3.05, 3.63) is 0 Å². The number of methoxy groups -OCH3 is 1. The van der Waals surface area contributed by atoms with Crippen LogP contribution in [-0.2, 0) is 4.74 Å². The molecule has 0 aliphatic carbocycles. The second-order valence-corrected chi connectivity index (χ2v) is 4.02. The summed E-state index contributed by atoms with van der Waals surface area (Å²) >= 11 is 0. The largest absolute Gasteiger partial charge is 0.383 e. The first-order valence-electron chi connectivity index (χ1n) is 5.77. The van der Waals surface area contributed by atoms with E-state index in [2.05, 4.69) is 24.1 Å². The first kappa shape index (κ1) is 12.0. The third kappa shape index (κ3) is 2.94. The maximum atomic E-state index is 5.14. The molecule has 0 radical (unpaired) electrons. The molecule has 0 aromatic carbocycles. The summed E-state index contributed by atoms with van der Waals surface area (Å²) < 4.78 is 5.14. The van der Waals surface area contributed by atoms with Gasteiger partial charge in [-0.3, -0.25) is 4.90 Å². The molecular weight excluding hydrogens is 176 g/mol. The number of nitrogens with zero attached hydrogens (tertiary/aromatic N) is 1. The zero-order chi connectivity index (χ0) is 10.4. The van der Waals surface area contributed by atoms with Gasteiger partial charge in [-0.15, -0.1) is 0 Å². The molecule has 1 heterocycles. The van der Waals surface area contributed by atoms with Crippen LogP contribution in [0.1, 0.15) is 20.3 Å². The van der Waals surface area contributed by atoms with Gasteiger partial charge in [0.05, 0.1) is 6.61 Å². The molecule has 0 saturated carbocycles. The van der Waals surface area contributed by atoms with Crippen molar-refractivity contribution in [3.8, 4) is 0 Å². The Morgan fingerprint density at radius 2 is 2.14 bits per heavy atom. The molecule has 1 aliphatic heterocycles. The van der Waals surface area contributed by atoms with E-state index in [1.54, 1.807) is 7.11 Å². The molecule has 0 spiro atoms. The van der Waals surface area contributed by atoms with E-state index in [1.807, 2.05) is 0 Å². The average Bonchev–Trinajstić information content (AvgIpc) is 2.67. The van der Waals surface area contributed by atoms with Gasteiger partial charge in [-0.05, 0) is 19.0 Å². The average molecular weight is 200 g/mol. The van der Waals surface area contributed by atoms with E-state index in [0.717, 1.165) is 38.2 Å². The standard InChI is InChI=1S/C11H24N2O/c1-4-10-8-12-9-11(10)13(5-2)6-7-14-3/h10-12H,4-9H2,1-3H3.